The third-order valence-corrected chi connectivity index (χ3v) is 4.81. The van der Waals surface area contributed by atoms with E-state index >= 15 is 0 Å². The molecule has 1 aromatic heterocycles. The van der Waals surface area contributed by atoms with Gasteiger partial charge in [-0.15, -0.1) is 11.3 Å². The topological polar surface area (TPSA) is 41.1 Å². The van der Waals surface area contributed by atoms with Crippen LogP contribution < -0.4 is 10.6 Å². The fourth-order valence-corrected chi connectivity index (χ4v) is 3.54. The van der Waals surface area contributed by atoms with Crippen LogP contribution >= 0.6 is 11.3 Å². The largest absolute Gasteiger partial charge is 0.343 e. The molecule has 110 valence electrons. The second-order valence-electron chi connectivity index (χ2n) is 5.37. The third-order valence-electron chi connectivity index (χ3n) is 3.87. The number of carbonyl (C=O) groups excluding carboxylic acids is 1. The molecule has 1 aliphatic rings. The molecule has 2 aromatic rings. The van der Waals surface area contributed by atoms with Crippen LogP contribution in [0.4, 0.5) is 0 Å². The van der Waals surface area contributed by atoms with Crippen LogP contribution in [0, 0.1) is 0 Å². The number of amides is 1. The maximum absolute atomic E-state index is 12.5. The molecule has 0 saturated carbocycles. The van der Waals surface area contributed by atoms with Crippen molar-refractivity contribution in [2.75, 3.05) is 6.54 Å². The molecule has 21 heavy (non-hydrogen) atoms. The summed E-state index contributed by atoms with van der Waals surface area (Å²) in [4.78, 5) is 13.7. The molecule has 0 aliphatic carbocycles. The Morgan fingerprint density at radius 3 is 2.71 bits per heavy atom. The fourth-order valence-electron chi connectivity index (χ4n) is 2.74. The maximum atomic E-state index is 12.5. The smallest absolute Gasteiger partial charge is 0.237 e. The predicted molar refractivity (Wildman–Crippen MR) is 86.4 cm³/mol. The lowest BCUT2D eigenvalue weighted by atomic mass is 10.0. The summed E-state index contributed by atoms with van der Waals surface area (Å²) in [6, 6.07) is 14.2. The van der Waals surface area contributed by atoms with Crippen molar-refractivity contribution in [2.24, 2.45) is 0 Å². The summed E-state index contributed by atoms with van der Waals surface area (Å²) in [5, 5.41) is 8.58. The minimum atomic E-state index is -0.0533. The van der Waals surface area contributed by atoms with Gasteiger partial charge in [0.2, 0.25) is 5.91 Å². The second kappa shape index (κ2) is 6.87. The lowest BCUT2D eigenvalue weighted by molar-refractivity contribution is -0.124. The van der Waals surface area contributed by atoms with Crippen molar-refractivity contribution in [1.29, 1.82) is 0 Å². The van der Waals surface area contributed by atoms with Crippen LogP contribution in [0.5, 0.6) is 0 Å². The summed E-state index contributed by atoms with van der Waals surface area (Å²) in [6.07, 6.45) is 3.22. The zero-order chi connectivity index (χ0) is 14.5. The van der Waals surface area contributed by atoms with Gasteiger partial charge in [-0.3, -0.25) is 4.79 Å². The number of carbonyl (C=O) groups is 1. The quantitative estimate of drug-likeness (QED) is 0.911. The maximum Gasteiger partial charge on any atom is 0.237 e. The molecule has 2 N–H and O–H groups in total. The van der Waals surface area contributed by atoms with Crippen LogP contribution in [0.25, 0.3) is 0 Å². The molecule has 2 atom stereocenters. The van der Waals surface area contributed by atoms with Gasteiger partial charge in [0.15, 0.2) is 0 Å². The standard InChI is InChI=1S/C17H20N2OS/c20-17(14-9-4-5-11-18-14)19-16(15-10-6-12-21-15)13-7-2-1-3-8-13/h1-3,6-8,10,12,14,16,18H,4-5,9,11H2,(H,19,20)/t14-,16?/m1/s1. The molecular weight excluding hydrogens is 280 g/mol. The highest BCUT2D eigenvalue weighted by Gasteiger charge is 2.24. The van der Waals surface area contributed by atoms with E-state index < -0.39 is 0 Å². The van der Waals surface area contributed by atoms with Crippen molar-refractivity contribution >= 4 is 17.2 Å². The molecule has 1 fully saturated rings. The Hall–Kier alpha value is -1.65. The Labute approximate surface area is 129 Å². The van der Waals surface area contributed by atoms with Crippen molar-refractivity contribution < 1.29 is 4.79 Å². The van der Waals surface area contributed by atoms with Crippen molar-refractivity contribution in [3.63, 3.8) is 0 Å². The van der Waals surface area contributed by atoms with Gasteiger partial charge in [-0.05, 0) is 36.4 Å². The molecule has 1 aliphatic heterocycles. The normalized spacial score (nSPS) is 19.9. The zero-order valence-electron chi connectivity index (χ0n) is 11.9. The van der Waals surface area contributed by atoms with Gasteiger partial charge < -0.3 is 10.6 Å². The summed E-state index contributed by atoms with van der Waals surface area (Å²) < 4.78 is 0. The first-order chi connectivity index (χ1) is 10.3. The van der Waals surface area contributed by atoms with E-state index in [0.717, 1.165) is 31.4 Å². The van der Waals surface area contributed by atoms with E-state index in [1.54, 1.807) is 11.3 Å². The van der Waals surface area contributed by atoms with E-state index in [9.17, 15) is 4.79 Å². The molecule has 1 aromatic carbocycles. The first-order valence-corrected chi connectivity index (χ1v) is 8.34. The molecule has 0 bridgehead atoms. The number of thiophene rings is 1. The molecule has 4 heteroatoms. The number of hydrogen-bond acceptors (Lipinski definition) is 3. The number of rotatable bonds is 4. The van der Waals surface area contributed by atoms with Gasteiger partial charge in [0.25, 0.3) is 0 Å². The van der Waals surface area contributed by atoms with Gasteiger partial charge >= 0.3 is 0 Å². The zero-order valence-corrected chi connectivity index (χ0v) is 12.7. The Morgan fingerprint density at radius 2 is 2.05 bits per heavy atom. The summed E-state index contributed by atoms with van der Waals surface area (Å²) >= 11 is 1.68. The minimum Gasteiger partial charge on any atom is -0.343 e. The second-order valence-corrected chi connectivity index (χ2v) is 6.35. The van der Waals surface area contributed by atoms with Crippen LogP contribution in [-0.2, 0) is 4.79 Å². The van der Waals surface area contributed by atoms with Gasteiger partial charge in [0.05, 0.1) is 12.1 Å². The van der Waals surface area contributed by atoms with Gasteiger partial charge in [0, 0.05) is 4.88 Å². The monoisotopic (exact) mass is 300 g/mol. The fraction of sp³-hybridized carbons (Fsp3) is 0.353. The molecule has 1 saturated heterocycles. The molecule has 3 nitrogen and oxygen atoms in total. The van der Waals surface area contributed by atoms with Gasteiger partial charge in [-0.25, -0.2) is 0 Å². The third kappa shape index (κ3) is 3.52. The highest BCUT2D eigenvalue weighted by atomic mass is 32.1. The minimum absolute atomic E-state index is 0.0510. The Kier molecular flexibility index (Phi) is 4.68. The molecule has 1 amide bonds. The van der Waals surface area contributed by atoms with Crippen LogP contribution in [-0.4, -0.2) is 18.5 Å². The first-order valence-electron chi connectivity index (χ1n) is 7.47. The Balaban J connectivity index is 1.78. The SMILES string of the molecule is O=C(NC(c1ccccc1)c1cccs1)[C@H]1CCCCN1. The Morgan fingerprint density at radius 1 is 1.19 bits per heavy atom. The molecule has 2 heterocycles. The number of piperidine rings is 1. The number of nitrogens with one attached hydrogen (secondary N) is 2. The Bertz CT molecular complexity index is 562. The van der Waals surface area contributed by atoms with E-state index in [1.165, 1.54) is 4.88 Å². The summed E-state index contributed by atoms with van der Waals surface area (Å²) in [6.45, 7) is 0.938. The molecule has 3 rings (SSSR count). The summed E-state index contributed by atoms with van der Waals surface area (Å²) in [5.74, 6) is 0.108. The summed E-state index contributed by atoms with van der Waals surface area (Å²) in [7, 11) is 0. The molecular formula is C17H20N2OS. The highest BCUT2D eigenvalue weighted by molar-refractivity contribution is 7.10. The molecule has 1 unspecified atom stereocenters. The highest BCUT2D eigenvalue weighted by Crippen LogP contribution is 2.26. The average molecular weight is 300 g/mol. The average Bonchev–Trinajstić information content (AvgIpc) is 3.08. The van der Waals surface area contributed by atoms with E-state index in [0.29, 0.717) is 0 Å². The van der Waals surface area contributed by atoms with Crippen LogP contribution in [0.15, 0.2) is 47.8 Å². The number of benzene rings is 1. The van der Waals surface area contributed by atoms with E-state index in [4.69, 9.17) is 0 Å². The van der Waals surface area contributed by atoms with Crippen LogP contribution in [0.1, 0.15) is 35.7 Å². The van der Waals surface area contributed by atoms with Gasteiger partial charge in [-0.1, -0.05) is 42.8 Å². The lowest BCUT2D eigenvalue weighted by Gasteiger charge is -2.26. The van der Waals surface area contributed by atoms with Gasteiger partial charge in [-0.2, -0.15) is 0 Å². The van der Waals surface area contributed by atoms with E-state index in [2.05, 4.69) is 34.2 Å². The lowest BCUT2D eigenvalue weighted by Crippen LogP contribution is -2.47. The van der Waals surface area contributed by atoms with Crippen LogP contribution in [0.2, 0.25) is 0 Å². The number of hydrogen-bond donors (Lipinski definition) is 2. The summed E-state index contributed by atoms with van der Waals surface area (Å²) in [5.41, 5.74) is 1.13. The van der Waals surface area contributed by atoms with Crippen molar-refractivity contribution in [1.82, 2.24) is 10.6 Å². The van der Waals surface area contributed by atoms with E-state index in [1.807, 2.05) is 24.3 Å². The molecule has 0 radical (unpaired) electrons. The molecule has 0 spiro atoms. The van der Waals surface area contributed by atoms with Crippen molar-refractivity contribution in [3.05, 3.63) is 58.3 Å². The van der Waals surface area contributed by atoms with Crippen molar-refractivity contribution in [3.8, 4) is 0 Å². The first kappa shape index (κ1) is 14.3. The van der Waals surface area contributed by atoms with E-state index in [-0.39, 0.29) is 18.0 Å². The van der Waals surface area contributed by atoms with Crippen LogP contribution in [0.3, 0.4) is 0 Å². The van der Waals surface area contributed by atoms with Crippen molar-refractivity contribution in [2.45, 2.75) is 31.3 Å². The predicted octanol–water partition coefficient (Wildman–Crippen LogP) is 3.10. The van der Waals surface area contributed by atoms with Gasteiger partial charge in [0.1, 0.15) is 0 Å².